The van der Waals surface area contributed by atoms with Crippen LogP contribution in [-0.4, -0.2) is 14.3 Å². The maximum atomic E-state index is 12.4. The first-order chi connectivity index (χ1) is 14.6. The van der Waals surface area contributed by atoms with Crippen LogP contribution >= 0.6 is 11.6 Å². The zero-order valence-corrected chi connectivity index (χ0v) is 18.3. The fourth-order valence-electron chi connectivity index (χ4n) is 2.86. The van der Waals surface area contributed by atoms with E-state index in [1.165, 1.54) is 18.2 Å². The number of carbonyl (C=O) groups excluding carboxylic acids is 1. The van der Waals surface area contributed by atoms with Crippen LogP contribution in [0.25, 0.3) is 5.57 Å². The van der Waals surface area contributed by atoms with Crippen molar-refractivity contribution in [2.75, 3.05) is 5.32 Å². The van der Waals surface area contributed by atoms with Crippen molar-refractivity contribution >= 4 is 38.8 Å². The quantitative estimate of drug-likeness (QED) is 0.523. The summed E-state index contributed by atoms with van der Waals surface area (Å²) in [5.41, 5.74) is 2.63. The molecule has 0 aliphatic carbocycles. The normalized spacial score (nSPS) is 11.1. The Kier molecular flexibility index (Phi) is 6.80. The molecule has 0 saturated heterocycles. The summed E-state index contributed by atoms with van der Waals surface area (Å²) >= 11 is 6.09. The minimum Gasteiger partial charge on any atom is -0.456 e. The summed E-state index contributed by atoms with van der Waals surface area (Å²) in [6, 6.07) is 18.3. The molecule has 3 rings (SSSR count). The molecule has 0 saturated carbocycles. The second-order valence-electron chi connectivity index (χ2n) is 6.93. The van der Waals surface area contributed by atoms with Crippen molar-refractivity contribution in [3.05, 3.63) is 89.5 Å². The monoisotopic (exact) mass is 456 g/mol. The topological polar surface area (TPSA) is 98.5 Å². The first-order valence-electron chi connectivity index (χ1n) is 9.27. The van der Waals surface area contributed by atoms with E-state index in [0.717, 1.165) is 11.1 Å². The Hall–Kier alpha value is -3.13. The maximum Gasteiger partial charge on any atom is 0.241 e. The highest BCUT2D eigenvalue weighted by Gasteiger charge is 2.18. The summed E-state index contributed by atoms with van der Waals surface area (Å²) < 4.78 is 30.1. The van der Waals surface area contributed by atoms with E-state index in [1.54, 1.807) is 42.5 Å². The first-order valence-corrected chi connectivity index (χ1v) is 11.2. The summed E-state index contributed by atoms with van der Waals surface area (Å²) in [7, 11) is -4.12. The minimum atomic E-state index is -4.12. The highest BCUT2D eigenvalue weighted by atomic mass is 35.5. The van der Waals surface area contributed by atoms with Gasteiger partial charge in [-0.05, 0) is 54.4 Å². The van der Waals surface area contributed by atoms with Gasteiger partial charge < -0.3 is 10.1 Å². The van der Waals surface area contributed by atoms with E-state index >= 15 is 0 Å². The Morgan fingerprint density at radius 1 is 1.10 bits per heavy atom. The fraction of sp³-hybridized carbons (Fsp3) is 0.0870. The average molecular weight is 457 g/mol. The third-order valence-corrected chi connectivity index (χ3v) is 5.70. The lowest BCUT2D eigenvalue weighted by atomic mass is 10.1. The van der Waals surface area contributed by atoms with Crippen LogP contribution in [0.15, 0.2) is 78.2 Å². The van der Waals surface area contributed by atoms with E-state index in [2.05, 4.69) is 11.9 Å². The third-order valence-electron chi connectivity index (χ3n) is 4.40. The molecule has 0 spiro atoms. The average Bonchev–Trinajstić information content (AvgIpc) is 2.70. The van der Waals surface area contributed by atoms with Crippen LogP contribution < -0.4 is 15.2 Å². The lowest BCUT2D eigenvalue weighted by molar-refractivity contribution is -0.115. The van der Waals surface area contributed by atoms with Gasteiger partial charge in [-0.25, -0.2) is 13.6 Å². The van der Waals surface area contributed by atoms with Crippen molar-refractivity contribution in [2.45, 2.75) is 18.2 Å². The number of carbonyl (C=O) groups is 1. The smallest absolute Gasteiger partial charge is 0.241 e. The van der Waals surface area contributed by atoms with E-state index in [4.69, 9.17) is 21.5 Å². The van der Waals surface area contributed by atoms with Crippen LogP contribution in [0.4, 0.5) is 5.69 Å². The number of ether oxygens (including phenoxy) is 1. The predicted molar refractivity (Wildman–Crippen MR) is 123 cm³/mol. The van der Waals surface area contributed by atoms with Gasteiger partial charge in [0.15, 0.2) is 0 Å². The second kappa shape index (κ2) is 9.34. The molecular weight excluding hydrogens is 436 g/mol. The lowest BCUT2D eigenvalue weighted by Crippen LogP contribution is -2.17. The second-order valence-corrected chi connectivity index (χ2v) is 8.87. The number of nitrogens with two attached hydrogens (primary N) is 1. The number of rotatable bonds is 7. The standard InChI is InChI=1S/C23H21ClN2O4S/c1-15(2)16-7-5-8-19(12-16)30-21-11-10-18(14-22(21)31(25,28)29)26-23(27)13-17-6-3-4-9-20(17)24/h3-12,14H,1,13H2,2H3,(H,26,27)(H2,25,28,29). The highest BCUT2D eigenvalue weighted by Crippen LogP contribution is 2.32. The van der Waals surface area contributed by atoms with E-state index < -0.39 is 10.0 Å². The number of sulfonamides is 1. The summed E-state index contributed by atoms with van der Waals surface area (Å²) in [4.78, 5) is 12.1. The van der Waals surface area contributed by atoms with Gasteiger partial charge in [0.05, 0.1) is 6.42 Å². The minimum absolute atomic E-state index is 0.0380. The molecule has 3 aromatic rings. The zero-order valence-electron chi connectivity index (χ0n) is 16.8. The number of amides is 1. The van der Waals surface area contributed by atoms with Crippen molar-refractivity contribution < 1.29 is 17.9 Å². The van der Waals surface area contributed by atoms with E-state index in [9.17, 15) is 13.2 Å². The summed E-state index contributed by atoms with van der Waals surface area (Å²) in [5, 5.41) is 8.52. The molecular formula is C23H21ClN2O4S. The Balaban J connectivity index is 1.85. The van der Waals surface area contributed by atoms with Gasteiger partial charge in [-0.15, -0.1) is 0 Å². The number of hydrogen-bond donors (Lipinski definition) is 2. The molecule has 0 unspecified atom stereocenters. The maximum absolute atomic E-state index is 12.4. The number of nitrogens with one attached hydrogen (secondary N) is 1. The molecule has 0 aromatic heterocycles. The highest BCUT2D eigenvalue weighted by molar-refractivity contribution is 7.89. The van der Waals surface area contributed by atoms with Gasteiger partial charge in [0.1, 0.15) is 16.4 Å². The predicted octanol–water partition coefficient (Wildman–Crippen LogP) is 4.99. The van der Waals surface area contributed by atoms with Gasteiger partial charge in [0.2, 0.25) is 15.9 Å². The summed E-state index contributed by atoms with van der Waals surface area (Å²) in [6.07, 6.45) is 0.0380. The Morgan fingerprint density at radius 3 is 2.52 bits per heavy atom. The number of halogens is 1. The number of hydrogen-bond acceptors (Lipinski definition) is 4. The molecule has 0 radical (unpaired) electrons. The van der Waals surface area contributed by atoms with Gasteiger partial charge in [0, 0.05) is 10.7 Å². The van der Waals surface area contributed by atoms with Gasteiger partial charge in [-0.2, -0.15) is 0 Å². The van der Waals surface area contributed by atoms with Gasteiger partial charge in [0.25, 0.3) is 0 Å². The molecule has 1 amide bonds. The van der Waals surface area contributed by atoms with Crippen LogP contribution in [0, 0.1) is 0 Å². The van der Waals surface area contributed by atoms with Crippen LogP contribution in [0.3, 0.4) is 0 Å². The SMILES string of the molecule is C=C(C)c1cccc(Oc2ccc(NC(=O)Cc3ccccc3Cl)cc2S(N)(=O)=O)c1. The van der Waals surface area contributed by atoms with Crippen molar-refractivity contribution in [1.29, 1.82) is 0 Å². The molecule has 3 aromatic carbocycles. The molecule has 6 nitrogen and oxygen atoms in total. The van der Waals surface area contributed by atoms with E-state index in [0.29, 0.717) is 16.3 Å². The molecule has 31 heavy (non-hydrogen) atoms. The van der Waals surface area contributed by atoms with Gasteiger partial charge in [-0.1, -0.05) is 54.1 Å². The fourth-order valence-corrected chi connectivity index (χ4v) is 3.75. The first kappa shape index (κ1) is 22.6. The lowest BCUT2D eigenvalue weighted by Gasteiger charge is -2.13. The van der Waals surface area contributed by atoms with Gasteiger partial charge >= 0.3 is 0 Å². The summed E-state index contributed by atoms with van der Waals surface area (Å²) in [6.45, 7) is 5.74. The number of allylic oxidation sites excluding steroid dienone is 1. The van der Waals surface area contributed by atoms with Crippen molar-refractivity contribution in [3.63, 3.8) is 0 Å². The third kappa shape index (κ3) is 5.95. The molecule has 0 bridgehead atoms. The Labute approximate surface area is 186 Å². The van der Waals surface area contributed by atoms with Crippen molar-refractivity contribution in [3.8, 4) is 11.5 Å². The van der Waals surface area contributed by atoms with Crippen LogP contribution in [0.2, 0.25) is 5.02 Å². The van der Waals surface area contributed by atoms with Crippen LogP contribution in [0.5, 0.6) is 11.5 Å². The molecule has 0 atom stereocenters. The molecule has 8 heteroatoms. The van der Waals surface area contributed by atoms with E-state index in [1.807, 2.05) is 13.0 Å². The Bertz CT molecular complexity index is 1260. The molecule has 0 fully saturated rings. The number of anilines is 1. The molecule has 0 aliphatic heterocycles. The van der Waals surface area contributed by atoms with Crippen LogP contribution in [0.1, 0.15) is 18.1 Å². The molecule has 160 valence electrons. The number of benzene rings is 3. The van der Waals surface area contributed by atoms with E-state index in [-0.39, 0.29) is 28.7 Å². The zero-order chi connectivity index (χ0) is 22.6. The van der Waals surface area contributed by atoms with Crippen LogP contribution in [-0.2, 0) is 21.2 Å². The Morgan fingerprint density at radius 2 is 1.84 bits per heavy atom. The van der Waals surface area contributed by atoms with Gasteiger partial charge in [-0.3, -0.25) is 4.79 Å². The van der Waals surface area contributed by atoms with Crippen molar-refractivity contribution in [2.24, 2.45) is 5.14 Å². The largest absolute Gasteiger partial charge is 0.456 e. The molecule has 3 N–H and O–H groups in total. The summed E-state index contributed by atoms with van der Waals surface area (Å²) in [5.74, 6) is 0.127. The molecule has 0 aliphatic rings. The molecule has 0 heterocycles. The number of primary sulfonamides is 1. The van der Waals surface area contributed by atoms with Crippen molar-refractivity contribution in [1.82, 2.24) is 0 Å².